The zero-order chi connectivity index (χ0) is 24.8. The van der Waals surface area contributed by atoms with Crippen LogP contribution in [0.25, 0.3) is 5.69 Å². The topological polar surface area (TPSA) is 79.5 Å². The van der Waals surface area contributed by atoms with Crippen LogP contribution < -0.4 is 14.8 Å². The first-order valence-electron chi connectivity index (χ1n) is 10.5. The van der Waals surface area contributed by atoms with Crippen molar-refractivity contribution in [3.63, 3.8) is 0 Å². The Morgan fingerprint density at radius 3 is 2.50 bits per heavy atom. The van der Waals surface area contributed by atoms with Gasteiger partial charge in [-0.05, 0) is 56.3 Å². The molecule has 2 aromatic carbocycles. The SMILES string of the molecule is COc1ccc(CN(C)CC(=O)Nc2c(C#N)c(C)c(C)n2-c2ccccc2)cc1OC(F)F. The van der Waals surface area contributed by atoms with Gasteiger partial charge in [-0.25, -0.2) is 0 Å². The number of anilines is 1. The van der Waals surface area contributed by atoms with E-state index in [9.17, 15) is 18.8 Å². The van der Waals surface area contributed by atoms with Crippen LogP contribution in [0.4, 0.5) is 14.6 Å². The lowest BCUT2D eigenvalue weighted by Crippen LogP contribution is -2.30. The number of para-hydroxylation sites is 1. The Hall–Kier alpha value is -3.90. The lowest BCUT2D eigenvalue weighted by Gasteiger charge is -2.19. The van der Waals surface area contributed by atoms with Crippen LogP contribution in [0, 0.1) is 25.2 Å². The van der Waals surface area contributed by atoms with E-state index >= 15 is 0 Å². The number of nitrogens with one attached hydrogen (secondary N) is 1. The van der Waals surface area contributed by atoms with Crippen LogP contribution in [0.15, 0.2) is 48.5 Å². The summed E-state index contributed by atoms with van der Waals surface area (Å²) >= 11 is 0. The van der Waals surface area contributed by atoms with Crippen molar-refractivity contribution < 1.29 is 23.0 Å². The predicted octanol–water partition coefficient (Wildman–Crippen LogP) is 4.65. The molecular weight excluding hydrogens is 442 g/mol. The Bertz CT molecular complexity index is 1200. The molecule has 0 fully saturated rings. The summed E-state index contributed by atoms with van der Waals surface area (Å²) in [6.45, 7) is 1.08. The number of hydrogen-bond donors (Lipinski definition) is 1. The molecule has 1 aromatic heterocycles. The number of aromatic nitrogens is 1. The van der Waals surface area contributed by atoms with Gasteiger partial charge in [-0.2, -0.15) is 14.0 Å². The molecule has 3 rings (SSSR count). The lowest BCUT2D eigenvalue weighted by molar-refractivity contribution is -0.117. The molecule has 1 N–H and O–H groups in total. The molecule has 0 aliphatic heterocycles. The quantitative estimate of drug-likeness (QED) is 0.495. The Balaban J connectivity index is 1.77. The van der Waals surface area contributed by atoms with Gasteiger partial charge in [0, 0.05) is 17.9 Å². The van der Waals surface area contributed by atoms with Crippen LogP contribution in [0.2, 0.25) is 0 Å². The molecule has 7 nitrogen and oxygen atoms in total. The van der Waals surface area contributed by atoms with Gasteiger partial charge < -0.3 is 14.8 Å². The van der Waals surface area contributed by atoms with E-state index in [1.165, 1.54) is 13.2 Å². The van der Waals surface area contributed by atoms with Crippen LogP contribution in [-0.4, -0.2) is 42.7 Å². The summed E-state index contributed by atoms with van der Waals surface area (Å²) in [6, 6.07) is 16.4. The molecular formula is C25H26F2N4O3. The number of ether oxygens (including phenoxy) is 2. The van der Waals surface area contributed by atoms with Gasteiger partial charge in [0.25, 0.3) is 0 Å². The van der Waals surface area contributed by atoms with Crippen LogP contribution in [0.3, 0.4) is 0 Å². The number of benzene rings is 2. The van der Waals surface area contributed by atoms with Gasteiger partial charge in [-0.3, -0.25) is 14.3 Å². The minimum absolute atomic E-state index is 0.0139. The number of likely N-dealkylation sites (N-methyl/N-ethyl adjacent to an activating group) is 1. The van der Waals surface area contributed by atoms with Crippen LogP contribution in [-0.2, 0) is 11.3 Å². The maximum atomic E-state index is 12.9. The summed E-state index contributed by atoms with van der Waals surface area (Å²) in [6.07, 6.45) is 0. The second kappa shape index (κ2) is 10.8. The number of halogens is 2. The minimum atomic E-state index is -2.98. The van der Waals surface area contributed by atoms with E-state index in [-0.39, 0.29) is 24.0 Å². The van der Waals surface area contributed by atoms with Gasteiger partial charge in [-0.15, -0.1) is 0 Å². The second-order valence-electron chi connectivity index (χ2n) is 7.80. The first-order valence-corrected chi connectivity index (χ1v) is 10.5. The lowest BCUT2D eigenvalue weighted by atomic mass is 10.2. The number of nitrogens with zero attached hydrogens (tertiary/aromatic N) is 3. The fraction of sp³-hybridized carbons (Fsp3) is 0.280. The molecule has 34 heavy (non-hydrogen) atoms. The highest BCUT2D eigenvalue weighted by atomic mass is 19.3. The molecule has 0 bridgehead atoms. The average Bonchev–Trinajstić information content (AvgIpc) is 3.02. The largest absolute Gasteiger partial charge is 0.493 e. The molecule has 0 unspecified atom stereocenters. The minimum Gasteiger partial charge on any atom is -0.493 e. The molecule has 0 aliphatic rings. The normalized spacial score (nSPS) is 10.9. The zero-order valence-corrected chi connectivity index (χ0v) is 19.4. The average molecular weight is 469 g/mol. The van der Waals surface area contributed by atoms with Gasteiger partial charge in [0.2, 0.25) is 5.91 Å². The standard InChI is InChI=1S/C25H26F2N4O3/c1-16-17(2)31(19-8-6-5-7-9-19)24(20(16)13-28)29-23(32)15-30(3)14-18-10-11-21(33-4)22(12-18)34-25(26)27/h5-12,25H,14-15H2,1-4H3,(H,29,32). The molecule has 0 atom stereocenters. The van der Waals surface area contributed by atoms with E-state index < -0.39 is 6.61 Å². The van der Waals surface area contributed by atoms with Gasteiger partial charge in [-0.1, -0.05) is 24.3 Å². The van der Waals surface area contributed by atoms with Gasteiger partial charge in [0.05, 0.1) is 19.2 Å². The summed E-state index contributed by atoms with van der Waals surface area (Å²) in [7, 11) is 3.10. The van der Waals surface area contributed by atoms with Crippen LogP contribution in [0.1, 0.15) is 22.4 Å². The van der Waals surface area contributed by atoms with Crippen molar-refractivity contribution in [2.45, 2.75) is 27.0 Å². The third-order valence-electron chi connectivity index (χ3n) is 5.41. The maximum Gasteiger partial charge on any atom is 0.387 e. The number of carbonyl (C=O) groups excluding carboxylic acids is 1. The van der Waals surface area contributed by atoms with Crippen molar-refractivity contribution in [3.05, 3.63) is 70.9 Å². The fourth-order valence-electron chi connectivity index (χ4n) is 3.75. The van der Waals surface area contributed by atoms with Crippen molar-refractivity contribution >= 4 is 11.7 Å². The highest BCUT2D eigenvalue weighted by Gasteiger charge is 2.21. The summed E-state index contributed by atoms with van der Waals surface area (Å²) in [5, 5.41) is 12.6. The second-order valence-corrected chi connectivity index (χ2v) is 7.80. The molecule has 0 saturated heterocycles. The van der Waals surface area contributed by atoms with Crippen molar-refractivity contribution in [1.82, 2.24) is 9.47 Å². The van der Waals surface area contributed by atoms with Gasteiger partial charge in [0.1, 0.15) is 11.9 Å². The number of rotatable bonds is 9. The van der Waals surface area contributed by atoms with E-state index in [1.54, 1.807) is 24.1 Å². The van der Waals surface area contributed by atoms with Gasteiger partial charge >= 0.3 is 6.61 Å². The Morgan fingerprint density at radius 1 is 1.18 bits per heavy atom. The Morgan fingerprint density at radius 2 is 1.88 bits per heavy atom. The molecule has 178 valence electrons. The summed E-state index contributed by atoms with van der Waals surface area (Å²) < 4.78 is 36.8. The summed E-state index contributed by atoms with van der Waals surface area (Å²) in [4.78, 5) is 14.6. The predicted molar refractivity (Wildman–Crippen MR) is 125 cm³/mol. The third kappa shape index (κ3) is 5.53. The molecule has 1 heterocycles. The number of carbonyl (C=O) groups is 1. The molecule has 9 heteroatoms. The first kappa shape index (κ1) is 24.7. The first-order chi connectivity index (χ1) is 16.2. The van der Waals surface area contributed by atoms with E-state index in [1.807, 2.05) is 48.7 Å². The number of hydrogen-bond acceptors (Lipinski definition) is 5. The van der Waals surface area contributed by atoms with Crippen molar-refractivity contribution in [1.29, 1.82) is 5.26 Å². The summed E-state index contributed by atoms with van der Waals surface area (Å²) in [5.74, 6) is 0.226. The number of alkyl halides is 2. The van der Waals surface area contributed by atoms with Crippen LogP contribution >= 0.6 is 0 Å². The van der Waals surface area contributed by atoms with E-state index in [2.05, 4.69) is 16.1 Å². The van der Waals surface area contributed by atoms with E-state index in [0.29, 0.717) is 23.5 Å². The highest BCUT2D eigenvalue weighted by Crippen LogP contribution is 2.31. The molecule has 0 spiro atoms. The zero-order valence-electron chi connectivity index (χ0n) is 19.4. The molecule has 0 radical (unpaired) electrons. The number of nitriles is 1. The fourth-order valence-corrected chi connectivity index (χ4v) is 3.75. The van der Waals surface area contributed by atoms with Crippen LogP contribution in [0.5, 0.6) is 11.5 Å². The molecule has 1 amide bonds. The molecule has 0 saturated carbocycles. The van der Waals surface area contributed by atoms with E-state index in [0.717, 1.165) is 16.9 Å². The summed E-state index contributed by atoms with van der Waals surface area (Å²) in [5.41, 5.74) is 3.55. The third-order valence-corrected chi connectivity index (χ3v) is 5.41. The highest BCUT2D eigenvalue weighted by molar-refractivity contribution is 5.93. The number of amides is 1. The van der Waals surface area contributed by atoms with E-state index in [4.69, 9.17) is 4.74 Å². The Labute approximate surface area is 197 Å². The van der Waals surface area contributed by atoms with Crippen molar-refractivity contribution in [2.75, 3.05) is 26.0 Å². The van der Waals surface area contributed by atoms with Gasteiger partial charge in [0.15, 0.2) is 11.5 Å². The molecule has 3 aromatic rings. The monoisotopic (exact) mass is 468 g/mol. The van der Waals surface area contributed by atoms with Crippen molar-refractivity contribution in [3.8, 4) is 23.3 Å². The maximum absolute atomic E-state index is 12.9. The van der Waals surface area contributed by atoms with Crippen molar-refractivity contribution in [2.24, 2.45) is 0 Å². The molecule has 0 aliphatic carbocycles. The Kier molecular flexibility index (Phi) is 7.87. The number of methoxy groups -OCH3 is 1. The smallest absolute Gasteiger partial charge is 0.387 e.